The van der Waals surface area contributed by atoms with Gasteiger partial charge in [0.1, 0.15) is 5.75 Å². The Morgan fingerprint density at radius 3 is 2.38 bits per heavy atom. The molecule has 0 aliphatic carbocycles. The van der Waals surface area contributed by atoms with Crippen molar-refractivity contribution in [3.63, 3.8) is 0 Å². The van der Waals surface area contributed by atoms with Crippen LogP contribution < -0.4 is 10.4 Å². The zero-order valence-corrected chi connectivity index (χ0v) is 16.9. The Kier molecular flexibility index (Phi) is 5.48. The topological polar surface area (TPSA) is 69.3 Å². The van der Waals surface area contributed by atoms with Crippen molar-refractivity contribution in [2.75, 3.05) is 0 Å². The minimum Gasteiger partial charge on any atom is -0.493 e. The maximum absolute atomic E-state index is 13.0. The molecular weight excluding hydrogens is 423 g/mol. The highest BCUT2D eigenvalue weighted by atomic mass is 19.4. The van der Waals surface area contributed by atoms with Crippen LogP contribution in [0.4, 0.5) is 13.2 Å². The van der Waals surface area contributed by atoms with E-state index in [1.165, 1.54) is 16.7 Å². The number of aromatic nitrogens is 3. The van der Waals surface area contributed by atoms with Crippen LogP contribution in [0, 0.1) is 6.92 Å². The van der Waals surface area contributed by atoms with Crippen LogP contribution in [0.1, 0.15) is 11.3 Å². The van der Waals surface area contributed by atoms with E-state index in [4.69, 9.17) is 0 Å². The summed E-state index contributed by atoms with van der Waals surface area (Å²) in [4.78, 5) is 17.4. The van der Waals surface area contributed by atoms with E-state index in [0.717, 1.165) is 33.5 Å². The Labute approximate surface area is 180 Å². The number of nitrogens with zero attached hydrogens (tertiary/aromatic N) is 3. The smallest absolute Gasteiger partial charge is 0.493 e. The molecule has 164 valence electrons. The van der Waals surface area contributed by atoms with Crippen molar-refractivity contribution < 1.29 is 23.0 Å². The summed E-state index contributed by atoms with van der Waals surface area (Å²) in [6, 6.07) is 17.9. The third kappa shape index (κ3) is 4.36. The summed E-state index contributed by atoms with van der Waals surface area (Å²) in [5, 5.41) is 10.5. The Hall–Kier alpha value is -4.01. The summed E-state index contributed by atoms with van der Waals surface area (Å²) >= 11 is 0. The lowest BCUT2D eigenvalue weighted by Crippen LogP contribution is -2.24. The molecule has 1 N–H and O–H groups in total. The van der Waals surface area contributed by atoms with E-state index in [1.807, 2.05) is 36.4 Å². The van der Waals surface area contributed by atoms with Crippen molar-refractivity contribution in [2.45, 2.75) is 19.8 Å². The lowest BCUT2D eigenvalue weighted by atomic mass is 10.1. The summed E-state index contributed by atoms with van der Waals surface area (Å²) in [5.74, 6) is -0.716. The SMILES string of the molecule is Cc1c(O)n(-c2ccc(OC(F)(F)F)cc2)c(=O)n1Cc1ccnc(-c2ccccc2)c1. The molecule has 0 fully saturated rings. The van der Waals surface area contributed by atoms with Crippen molar-refractivity contribution in [2.24, 2.45) is 0 Å². The van der Waals surface area contributed by atoms with Crippen LogP contribution in [0.25, 0.3) is 16.9 Å². The summed E-state index contributed by atoms with van der Waals surface area (Å²) in [7, 11) is 0. The van der Waals surface area contributed by atoms with E-state index in [1.54, 1.807) is 19.2 Å². The monoisotopic (exact) mass is 441 g/mol. The molecule has 9 heteroatoms. The van der Waals surface area contributed by atoms with Gasteiger partial charge in [0.25, 0.3) is 0 Å². The Bertz CT molecular complexity index is 1290. The molecule has 0 aliphatic heterocycles. The number of pyridine rings is 1. The molecule has 4 rings (SSSR count). The maximum atomic E-state index is 13.0. The number of ether oxygens (including phenoxy) is 1. The molecule has 2 aromatic carbocycles. The molecule has 4 aromatic rings. The standard InChI is InChI=1S/C23H18F3N3O3/c1-15-21(30)29(18-7-9-19(10-8-18)32-23(24,25)26)22(31)28(15)14-16-11-12-27-20(13-16)17-5-3-2-4-6-17/h2-13,30H,14H2,1H3. The van der Waals surface area contributed by atoms with E-state index in [9.17, 15) is 23.1 Å². The molecule has 0 bridgehead atoms. The number of halogens is 3. The van der Waals surface area contributed by atoms with E-state index in [-0.39, 0.29) is 18.1 Å². The molecule has 0 atom stereocenters. The fourth-order valence-corrected chi connectivity index (χ4v) is 3.38. The summed E-state index contributed by atoms with van der Waals surface area (Å²) in [6.07, 6.45) is -3.17. The number of aromatic hydroxyl groups is 1. The van der Waals surface area contributed by atoms with Gasteiger partial charge in [-0.1, -0.05) is 30.3 Å². The number of benzene rings is 2. The number of imidazole rings is 1. The number of rotatable bonds is 5. The fraction of sp³-hybridized carbons (Fsp3) is 0.130. The van der Waals surface area contributed by atoms with Gasteiger partial charge in [0.15, 0.2) is 0 Å². The van der Waals surface area contributed by atoms with Gasteiger partial charge < -0.3 is 9.84 Å². The second-order valence-corrected chi connectivity index (χ2v) is 7.07. The molecular formula is C23H18F3N3O3. The second-order valence-electron chi connectivity index (χ2n) is 7.07. The first-order valence-corrected chi connectivity index (χ1v) is 9.60. The molecule has 32 heavy (non-hydrogen) atoms. The first kappa shape index (κ1) is 21.2. The highest BCUT2D eigenvalue weighted by molar-refractivity contribution is 5.59. The van der Waals surface area contributed by atoms with Gasteiger partial charge in [-0.05, 0) is 48.9 Å². The largest absolute Gasteiger partial charge is 0.573 e. The molecule has 0 radical (unpaired) electrons. The highest BCUT2D eigenvalue weighted by Crippen LogP contribution is 2.26. The third-order valence-corrected chi connectivity index (χ3v) is 4.93. The van der Waals surface area contributed by atoms with Crippen LogP contribution >= 0.6 is 0 Å². The van der Waals surface area contributed by atoms with Crippen LogP contribution in [0.5, 0.6) is 11.6 Å². The van der Waals surface area contributed by atoms with Crippen molar-refractivity contribution >= 4 is 0 Å². The van der Waals surface area contributed by atoms with Crippen molar-refractivity contribution in [3.05, 3.63) is 94.7 Å². The highest BCUT2D eigenvalue weighted by Gasteiger charge is 2.31. The predicted octanol–water partition coefficient (Wildman–Crippen LogP) is 4.66. The van der Waals surface area contributed by atoms with Crippen molar-refractivity contribution in [3.8, 4) is 28.6 Å². The summed E-state index contributed by atoms with van der Waals surface area (Å²) in [5.41, 5.74) is 2.49. The van der Waals surface area contributed by atoms with Crippen LogP contribution in [0.15, 0.2) is 77.7 Å². The first-order chi connectivity index (χ1) is 15.2. The molecule has 0 saturated carbocycles. The maximum Gasteiger partial charge on any atom is 0.573 e. The van der Waals surface area contributed by atoms with E-state index >= 15 is 0 Å². The lowest BCUT2D eigenvalue weighted by molar-refractivity contribution is -0.274. The fourth-order valence-electron chi connectivity index (χ4n) is 3.38. The quantitative estimate of drug-likeness (QED) is 0.489. The minimum absolute atomic E-state index is 0.183. The average Bonchev–Trinajstić information content (AvgIpc) is 2.97. The van der Waals surface area contributed by atoms with Crippen LogP contribution in [0.2, 0.25) is 0 Å². The van der Waals surface area contributed by atoms with Gasteiger partial charge in [-0.25, -0.2) is 9.36 Å². The second kappa shape index (κ2) is 8.26. The number of hydrogen-bond donors (Lipinski definition) is 1. The molecule has 0 amide bonds. The Balaban J connectivity index is 1.65. The summed E-state index contributed by atoms with van der Waals surface area (Å²) in [6.45, 7) is 1.77. The molecule has 0 aliphatic rings. The van der Waals surface area contributed by atoms with E-state index in [0.29, 0.717) is 5.69 Å². The van der Waals surface area contributed by atoms with Gasteiger partial charge in [0, 0.05) is 11.8 Å². The van der Waals surface area contributed by atoms with Gasteiger partial charge in [-0.2, -0.15) is 0 Å². The molecule has 2 heterocycles. The van der Waals surface area contributed by atoms with Gasteiger partial charge in [-0.15, -0.1) is 13.2 Å². The molecule has 0 spiro atoms. The predicted molar refractivity (Wildman–Crippen MR) is 112 cm³/mol. The molecule has 0 unspecified atom stereocenters. The zero-order chi connectivity index (χ0) is 22.9. The number of alkyl halides is 3. The van der Waals surface area contributed by atoms with Crippen LogP contribution in [-0.2, 0) is 6.54 Å². The minimum atomic E-state index is -4.82. The van der Waals surface area contributed by atoms with Gasteiger partial charge in [0.05, 0.1) is 23.6 Å². The molecule has 2 aromatic heterocycles. The molecule has 0 saturated heterocycles. The normalized spacial score (nSPS) is 11.5. The van der Waals surface area contributed by atoms with Crippen molar-refractivity contribution in [1.82, 2.24) is 14.1 Å². The molecule has 6 nitrogen and oxygen atoms in total. The third-order valence-electron chi connectivity index (χ3n) is 4.93. The zero-order valence-electron chi connectivity index (χ0n) is 16.9. The Morgan fingerprint density at radius 1 is 1.03 bits per heavy atom. The van der Waals surface area contributed by atoms with Gasteiger partial charge in [-0.3, -0.25) is 9.55 Å². The lowest BCUT2D eigenvalue weighted by Gasteiger charge is -2.09. The van der Waals surface area contributed by atoms with Gasteiger partial charge >= 0.3 is 12.1 Å². The Morgan fingerprint density at radius 2 is 1.72 bits per heavy atom. The van der Waals surface area contributed by atoms with E-state index in [2.05, 4.69) is 9.72 Å². The van der Waals surface area contributed by atoms with Gasteiger partial charge in [0.2, 0.25) is 5.88 Å². The first-order valence-electron chi connectivity index (χ1n) is 9.60. The number of hydrogen-bond acceptors (Lipinski definition) is 4. The van der Waals surface area contributed by atoms with E-state index < -0.39 is 17.8 Å². The van der Waals surface area contributed by atoms with Crippen LogP contribution in [0.3, 0.4) is 0 Å². The average molecular weight is 441 g/mol. The van der Waals surface area contributed by atoms with Crippen molar-refractivity contribution in [1.29, 1.82) is 0 Å². The summed E-state index contributed by atoms with van der Waals surface area (Å²) < 4.78 is 43.4. The van der Waals surface area contributed by atoms with Crippen LogP contribution in [-0.4, -0.2) is 25.6 Å².